The van der Waals surface area contributed by atoms with E-state index in [9.17, 15) is 0 Å². The molecule has 2 atom stereocenters. The summed E-state index contributed by atoms with van der Waals surface area (Å²) in [6.07, 6.45) is 5.79. The Morgan fingerprint density at radius 2 is 2.07 bits per heavy atom. The van der Waals surface area contributed by atoms with Gasteiger partial charge in [-0.15, -0.1) is 0 Å². The highest BCUT2D eigenvalue weighted by Gasteiger charge is 2.31. The van der Waals surface area contributed by atoms with Crippen molar-refractivity contribution in [3.63, 3.8) is 0 Å². The van der Waals surface area contributed by atoms with Crippen molar-refractivity contribution < 1.29 is 0 Å². The molecule has 0 aromatic rings. The lowest BCUT2D eigenvalue weighted by atomic mass is 9.90. The number of likely N-dealkylation sites (tertiary alicyclic amines) is 1. The molecule has 0 radical (unpaired) electrons. The molecule has 1 heterocycles. The van der Waals surface area contributed by atoms with Crippen molar-refractivity contribution in [3.8, 4) is 0 Å². The molecule has 2 rings (SSSR count). The summed E-state index contributed by atoms with van der Waals surface area (Å²) < 4.78 is 0. The zero-order chi connectivity index (χ0) is 10.7. The summed E-state index contributed by atoms with van der Waals surface area (Å²) in [5, 5.41) is 3.43. The van der Waals surface area contributed by atoms with E-state index in [1.165, 1.54) is 38.8 Å². The van der Waals surface area contributed by atoms with Gasteiger partial charge in [0.1, 0.15) is 0 Å². The first-order chi connectivity index (χ1) is 7.31. The van der Waals surface area contributed by atoms with Crippen molar-refractivity contribution in [2.45, 2.75) is 31.7 Å². The van der Waals surface area contributed by atoms with Crippen LogP contribution in [0.1, 0.15) is 25.7 Å². The maximum absolute atomic E-state index is 5.64. The van der Waals surface area contributed by atoms with Crippen molar-refractivity contribution >= 4 is 0 Å². The third-order valence-corrected chi connectivity index (χ3v) is 3.83. The lowest BCUT2D eigenvalue weighted by Crippen LogP contribution is -2.49. The molecule has 3 nitrogen and oxygen atoms in total. The molecule has 0 amide bonds. The van der Waals surface area contributed by atoms with E-state index in [0.29, 0.717) is 6.04 Å². The SMILES string of the molecule is CNC1CC(CC2CC2)CN(CCN)C1. The molecule has 2 fully saturated rings. The first kappa shape index (κ1) is 11.4. The predicted octanol–water partition coefficient (Wildman–Crippen LogP) is 0.655. The van der Waals surface area contributed by atoms with Crippen LogP contribution in [0.5, 0.6) is 0 Å². The summed E-state index contributed by atoms with van der Waals surface area (Å²) in [5.41, 5.74) is 5.64. The molecule has 0 bridgehead atoms. The highest BCUT2D eigenvalue weighted by molar-refractivity contribution is 4.86. The molecule has 0 aromatic carbocycles. The normalized spacial score (nSPS) is 33.2. The van der Waals surface area contributed by atoms with Crippen LogP contribution in [-0.2, 0) is 0 Å². The lowest BCUT2D eigenvalue weighted by Gasteiger charge is -2.37. The van der Waals surface area contributed by atoms with Crippen LogP contribution in [0, 0.1) is 11.8 Å². The average molecular weight is 211 g/mol. The van der Waals surface area contributed by atoms with Gasteiger partial charge in [-0.05, 0) is 31.7 Å². The molecule has 2 aliphatic rings. The fourth-order valence-electron chi connectivity index (χ4n) is 2.87. The maximum atomic E-state index is 5.64. The Balaban J connectivity index is 1.81. The highest BCUT2D eigenvalue weighted by atomic mass is 15.2. The molecule has 15 heavy (non-hydrogen) atoms. The smallest absolute Gasteiger partial charge is 0.0195 e. The quantitative estimate of drug-likeness (QED) is 0.702. The lowest BCUT2D eigenvalue weighted by molar-refractivity contribution is 0.139. The van der Waals surface area contributed by atoms with Gasteiger partial charge in [0.15, 0.2) is 0 Å². The van der Waals surface area contributed by atoms with Crippen molar-refractivity contribution in [2.75, 3.05) is 33.2 Å². The first-order valence-corrected chi connectivity index (χ1v) is 6.41. The topological polar surface area (TPSA) is 41.3 Å². The van der Waals surface area contributed by atoms with Crippen molar-refractivity contribution in [1.29, 1.82) is 0 Å². The minimum atomic E-state index is 0.689. The van der Waals surface area contributed by atoms with Gasteiger partial charge in [0.05, 0.1) is 0 Å². The van der Waals surface area contributed by atoms with Gasteiger partial charge in [-0.1, -0.05) is 12.8 Å². The molecule has 2 unspecified atom stereocenters. The van der Waals surface area contributed by atoms with Gasteiger partial charge < -0.3 is 16.0 Å². The van der Waals surface area contributed by atoms with Crippen LogP contribution in [0.4, 0.5) is 0 Å². The Morgan fingerprint density at radius 1 is 1.27 bits per heavy atom. The number of hydrogen-bond acceptors (Lipinski definition) is 3. The van der Waals surface area contributed by atoms with Gasteiger partial charge in [0.2, 0.25) is 0 Å². The van der Waals surface area contributed by atoms with Crippen LogP contribution >= 0.6 is 0 Å². The predicted molar refractivity (Wildman–Crippen MR) is 63.8 cm³/mol. The average Bonchev–Trinajstić information content (AvgIpc) is 3.02. The van der Waals surface area contributed by atoms with Gasteiger partial charge in [-0.3, -0.25) is 0 Å². The number of likely N-dealkylation sites (N-methyl/N-ethyl adjacent to an activating group) is 1. The fraction of sp³-hybridized carbons (Fsp3) is 1.00. The molecular formula is C12H25N3. The number of nitrogens with zero attached hydrogens (tertiary/aromatic N) is 1. The molecular weight excluding hydrogens is 186 g/mol. The summed E-state index contributed by atoms with van der Waals surface area (Å²) in [6, 6.07) is 0.689. The number of rotatable bonds is 5. The number of piperidine rings is 1. The maximum Gasteiger partial charge on any atom is 0.0195 e. The Hall–Kier alpha value is -0.120. The van der Waals surface area contributed by atoms with Gasteiger partial charge in [-0.25, -0.2) is 0 Å². The van der Waals surface area contributed by atoms with Crippen molar-refractivity contribution in [3.05, 3.63) is 0 Å². The fourth-order valence-corrected chi connectivity index (χ4v) is 2.87. The number of nitrogens with two attached hydrogens (primary N) is 1. The van der Waals surface area contributed by atoms with Crippen LogP contribution in [0.3, 0.4) is 0 Å². The molecule has 1 aliphatic carbocycles. The molecule has 1 saturated carbocycles. The zero-order valence-corrected chi connectivity index (χ0v) is 9.91. The summed E-state index contributed by atoms with van der Waals surface area (Å²) in [7, 11) is 2.09. The van der Waals surface area contributed by atoms with E-state index in [0.717, 1.165) is 24.9 Å². The first-order valence-electron chi connectivity index (χ1n) is 6.41. The second-order valence-corrected chi connectivity index (χ2v) is 5.31. The van der Waals surface area contributed by atoms with E-state index in [-0.39, 0.29) is 0 Å². The second-order valence-electron chi connectivity index (χ2n) is 5.31. The van der Waals surface area contributed by atoms with Gasteiger partial charge >= 0.3 is 0 Å². The van der Waals surface area contributed by atoms with E-state index >= 15 is 0 Å². The van der Waals surface area contributed by atoms with Crippen LogP contribution < -0.4 is 11.1 Å². The van der Waals surface area contributed by atoms with Crippen LogP contribution in [0.15, 0.2) is 0 Å². The Kier molecular flexibility index (Phi) is 4.00. The highest BCUT2D eigenvalue weighted by Crippen LogP contribution is 2.37. The van der Waals surface area contributed by atoms with E-state index < -0.39 is 0 Å². The van der Waals surface area contributed by atoms with E-state index in [1.54, 1.807) is 0 Å². The zero-order valence-electron chi connectivity index (χ0n) is 9.91. The minimum Gasteiger partial charge on any atom is -0.329 e. The standard InChI is InChI=1S/C12H25N3/c1-14-12-7-11(6-10-2-3-10)8-15(9-12)5-4-13/h10-12,14H,2-9,13H2,1H3. The van der Waals surface area contributed by atoms with Gasteiger partial charge in [-0.2, -0.15) is 0 Å². The summed E-state index contributed by atoms with van der Waals surface area (Å²) in [4.78, 5) is 2.54. The monoisotopic (exact) mass is 211 g/mol. The van der Waals surface area contributed by atoms with Gasteiger partial charge in [0, 0.05) is 32.2 Å². The molecule has 3 heteroatoms. The van der Waals surface area contributed by atoms with Crippen molar-refractivity contribution in [1.82, 2.24) is 10.2 Å². The number of nitrogens with one attached hydrogen (secondary N) is 1. The summed E-state index contributed by atoms with van der Waals surface area (Å²) in [5.74, 6) is 1.97. The van der Waals surface area contributed by atoms with Crippen LogP contribution in [-0.4, -0.2) is 44.2 Å². The Labute approximate surface area is 93.4 Å². The second kappa shape index (κ2) is 5.28. The summed E-state index contributed by atoms with van der Waals surface area (Å²) in [6.45, 7) is 4.34. The largest absolute Gasteiger partial charge is 0.329 e. The van der Waals surface area contributed by atoms with E-state index in [1.807, 2.05) is 0 Å². The molecule has 0 spiro atoms. The minimum absolute atomic E-state index is 0.689. The molecule has 1 saturated heterocycles. The van der Waals surface area contributed by atoms with Gasteiger partial charge in [0.25, 0.3) is 0 Å². The van der Waals surface area contributed by atoms with Crippen molar-refractivity contribution in [2.24, 2.45) is 17.6 Å². The number of hydrogen-bond donors (Lipinski definition) is 2. The summed E-state index contributed by atoms with van der Waals surface area (Å²) >= 11 is 0. The van der Waals surface area contributed by atoms with Crippen LogP contribution in [0.2, 0.25) is 0 Å². The van der Waals surface area contributed by atoms with E-state index in [4.69, 9.17) is 5.73 Å². The third kappa shape index (κ3) is 3.44. The molecule has 88 valence electrons. The molecule has 1 aliphatic heterocycles. The van der Waals surface area contributed by atoms with Crippen LogP contribution in [0.25, 0.3) is 0 Å². The Morgan fingerprint density at radius 3 is 2.67 bits per heavy atom. The van der Waals surface area contributed by atoms with E-state index in [2.05, 4.69) is 17.3 Å². The third-order valence-electron chi connectivity index (χ3n) is 3.83. The Bertz CT molecular complexity index is 191. The molecule has 3 N–H and O–H groups in total. The molecule has 0 aromatic heterocycles.